The number of rotatable bonds is 5. The van der Waals surface area contributed by atoms with Crippen molar-refractivity contribution in [3.05, 3.63) is 24.3 Å². The molecular weight excluding hydrogens is 276 g/mol. The summed E-state index contributed by atoms with van der Waals surface area (Å²) in [4.78, 5) is 30.3. The van der Waals surface area contributed by atoms with Crippen molar-refractivity contribution in [1.29, 1.82) is 0 Å². The fourth-order valence-electron chi connectivity index (χ4n) is 1.58. The lowest BCUT2D eigenvalue weighted by Crippen LogP contribution is -2.40. The molecule has 1 aromatic carbocycles. The summed E-state index contributed by atoms with van der Waals surface area (Å²) in [6, 6.07) is 7.18. The average Bonchev–Trinajstić information content (AvgIpc) is 2.85. The topological polar surface area (TPSA) is 86.9 Å². The van der Waals surface area contributed by atoms with Crippen LogP contribution in [0.25, 0.3) is 11.0 Å². The van der Waals surface area contributed by atoms with Gasteiger partial charge in [-0.1, -0.05) is 30.8 Å². The highest BCUT2D eigenvalue weighted by Crippen LogP contribution is 2.18. The number of benzene rings is 1. The molecule has 0 saturated carbocycles. The first kappa shape index (κ1) is 14.4. The fourth-order valence-corrected chi connectivity index (χ4v) is 2.26. The summed E-state index contributed by atoms with van der Waals surface area (Å²) < 4.78 is 0. The second-order valence-electron chi connectivity index (χ2n) is 4.15. The smallest absolute Gasteiger partial charge is 0.321 e. The first-order chi connectivity index (χ1) is 9.69. The van der Waals surface area contributed by atoms with Crippen molar-refractivity contribution < 1.29 is 9.59 Å². The largest absolute Gasteiger partial charge is 0.338 e. The molecule has 0 aliphatic heterocycles. The third kappa shape index (κ3) is 3.99. The zero-order chi connectivity index (χ0) is 14.4. The average molecular weight is 292 g/mol. The zero-order valence-corrected chi connectivity index (χ0v) is 11.9. The zero-order valence-electron chi connectivity index (χ0n) is 11.1. The van der Waals surface area contributed by atoms with Gasteiger partial charge in [0, 0.05) is 6.54 Å². The van der Waals surface area contributed by atoms with Gasteiger partial charge in [0.1, 0.15) is 0 Å². The second-order valence-corrected chi connectivity index (χ2v) is 5.12. The van der Waals surface area contributed by atoms with E-state index in [9.17, 15) is 9.59 Å². The highest BCUT2D eigenvalue weighted by Gasteiger charge is 2.09. The van der Waals surface area contributed by atoms with Crippen LogP contribution in [-0.2, 0) is 4.79 Å². The van der Waals surface area contributed by atoms with E-state index in [1.807, 2.05) is 31.2 Å². The maximum Gasteiger partial charge on any atom is 0.321 e. The Morgan fingerprint density at radius 3 is 2.90 bits per heavy atom. The lowest BCUT2D eigenvalue weighted by molar-refractivity contribution is -0.117. The number of para-hydroxylation sites is 2. The third-order valence-electron chi connectivity index (χ3n) is 2.50. The van der Waals surface area contributed by atoms with Crippen molar-refractivity contribution in [3.8, 4) is 0 Å². The molecule has 0 bridgehead atoms. The first-order valence-corrected chi connectivity index (χ1v) is 7.33. The molecule has 6 nitrogen and oxygen atoms in total. The number of nitrogens with zero attached hydrogens (tertiary/aromatic N) is 1. The highest BCUT2D eigenvalue weighted by atomic mass is 32.2. The number of hydrogen-bond donors (Lipinski definition) is 3. The summed E-state index contributed by atoms with van der Waals surface area (Å²) in [5.74, 6) is -0.205. The lowest BCUT2D eigenvalue weighted by atomic mass is 10.3. The van der Waals surface area contributed by atoms with Crippen LogP contribution in [0.4, 0.5) is 4.79 Å². The molecule has 1 heterocycles. The third-order valence-corrected chi connectivity index (χ3v) is 3.37. The number of aromatic amines is 1. The van der Waals surface area contributed by atoms with Crippen molar-refractivity contribution >= 4 is 34.7 Å². The van der Waals surface area contributed by atoms with E-state index in [0.29, 0.717) is 11.7 Å². The summed E-state index contributed by atoms with van der Waals surface area (Å²) in [7, 11) is 0. The van der Waals surface area contributed by atoms with Crippen LogP contribution in [-0.4, -0.2) is 34.2 Å². The number of carbonyl (C=O) groups excluding carboxylic acids is 2. The van der Waals surface area contributed by atoms with Crippen molar-refractivity contribution in [3.63, 3.8) is 0 Å². The van der Waals surface area contributed by atoms with E-state index >= 15 is 0 Å². The Kier molecular flexibility index (Phi) is 5.00. The number of fused-ring (bicyclic) bond motifs is 1. The first-order valence-electron chi connectivity index (χ1n) is 6.34. The maximum atomic E-state index is 11.6. The minimum atomic E-state index is -0.456. The number of urea groups is 1. The summed E-state index contributed by atoms with van der Waals surface area (Å²) in [5.41, 5.74) is 1.78. The predicted octanol–water partition coefficient (Wildman–Crippen LogP) is 1.89. The number of H-pyrrole nitrogens is 1. The van der Waals surface area contributed by atoms with Gasteiger partial charge in [-0.3, -0.25) is 10.1 Å². The molecule has 0 aliphatic carbocycles. The monoisotopic (exact) mass is 292 g/mol. The van der Waals surface area contributed by atoms with Crippen LogP contribution in [0, 0.1) is 0 Å². The Balaban J connectivity index is 1.82. The molecule has 2 aromatic rings. The molecule has 1 aromatic heterocycles. The van der Waals surface area contributed by atoms with Gasteiger partial charge < -0.3 is 10.3 Å². The van der Waals surface area contributed by atoms with Crippen LogP contribution in [0.15, 0.2) is 29.4 Å². The van der Waals surface area contributed by atoms with E-state index in [1.54, 1.807) is 0 Å². The van der Waals surface area contributed by atoms with E-state index in [1.165, 1.54) is 11.8 Å². The number of thioether (sulfide) groups is 1. The molecule has 0 saturated heterocycles. The van der Waals surface area contributed by atoms with Gasteiger partial charge in [-0.25, -0.2) is 9.78 Å². The Morgan fingerprint density at radius 2 is 2.15 bits per heavy atom. The number of imide groups is 1. The van der Waals surface area contributed by atoms with Crippen molar-refractivity contribution in [2.75, 3.05) is 12.3 Å². The molecule has 0 spiro atoms. The normalized spacial score (nSPS) is 10.4. The molecule has 0 unspecified atom stereocenters. The Labute approximate surface area is 120 Å². The lowest BCUT2D eigenvalue weighted by Gasteiger charge is -2.04. The van der Waals surface area contributed by atoms with Gasteiger partial charge in [-0.2, -0.15) is 0 Å². The number of hydrogen-bond acceptors (Lipinski definition) is 4. The van der Waals surface area contributed by atoms with Crippen LogP contribution >= 0.6 is 11.8 Å². The van der Waals surface area contributed by atoms with Gasteiger partial charge in [0.05, 0.1) is 16.8 Å². The van der Waals surface area contributed by atoms with Crippen molar-refractivity contribution in [2.24, 2.45) is 0 Å². The summed E-state index contributed by atoms with van der Waals surface area (Å²) in [6.45, 7) is 2.50. The highest BCUT2D eigenvalue weighted by molar-refractivity contribution is 7.99. The fraction of sp³-hybridized carbons (Fsp3) is 0.308. The van der Waals surface area contributed by atoms with E-state index in [4.69, 9.17) is 0 Å². The van der Waals surface area contributed by atoms with Crippen LogP contribution in [0.2, 0.25) is 0 Å². The van der Waals surface area contributed by atoms with Gasteiger partial charge in [-0.05, 0) is 18.6 Å². The molecule has 3 amide bonds. The SMILES string of the molecule is CCCNC(=O)NC(=O)CSc1nc2ccccc2[nH]1. The summed E-state index contributed by atoms with van der Waals surface area (Å²) >= 11 is 1.26. The Morgan fingerprint density at radius 1 is 1.35 bits per heavy atom. The summed E-state index contributed by atoms with van der Waals surface area (Å²) in [5, 5.41) is 5.51. The van der Waals surface area contributed by atoms with E-state index in [2.05, 4.69) is 20.6 Å². The molecule has 7 heteroatoms. The molecule has 0 atom stereocenters. The van der Waals surface area contributed by atoms with Gasteiger partial charge in [0.25, 0.3) is 0 Å². The number of aromatic nitrogens is 2. The number of nitrogens with one attached hydrogen (secondary N) is 3. The van der Waals surface area contributed by atoms with Gasteiger partial charge in [-0.15, -0.1) is 0 Å². The predicted molar refractivity (Wildman–Crippen MR) is 78.7 cm³/mol. The van der Waals surface area contributed by atoms with Crippen LogP contribution < -0.4 is 10.6 Å². The van der Waals surface area contributed by atoms with Gasteiger partial charge in [0.15, 0.2) is 5.16 Å². The molecule has 106 valence electrons. The maximum absolute atomic E-state index is 11.6. The molecule has 20 heavy (non-hydrogen) atoms. The van der Waals surface area contributed by atoms with Gasteiger partial charge >= 0.3 is 6.03 Å². The molecular formula is C13H16N4O2S. The Hall–Kier alpha value is -2.02. The molecule has 0 radical (unpaired) electrons. The van der Waals surface area contributed by atoms with Crippen molar-refractivity contribution in [2.45, 2.75) is 18.5 Å². The number of carbonyl (C=O) groups is 2. The molecule has 2 rings (SSSR count). The van der Waals surface area contributed by atoms with E-state index in [0.717, 1.165) is 17.5 Å². The van der Waals surface area contributed by atoms with E-state index < -0.39 is 6.03 Å². The number of imidazole rings is 1. The quantitative estimate of drug-likeness (QED) is 0.734. The number of amides is 3. The summed E-state index contributed by atoms with van der Waals surface area (Å²) in [6.07, 6.45) is 0.829. The Bertz CT molecular complexity index is 578. The van der Waals surface area contributed by atoms with Crippen LogP contribution in [0.3, 0.4) is 0 Å². The second kappa shape index (κ2) is 6.95. The minimum absolute atomic E-state index is 0.138. The molecule has 0 aliphatic rings. The minimum Gasteiger partial charge on any atom is -0.338 e. The molecule has 0 fully saturated rings. The standard InChI is InChI=1S/C13H16N4O2S/c1-2-7-14-12(19)17-11(18)8-20-13-15-9-5-3-4-6-10(9)16-13/h3-6H,2,7-8H2,1H3,(H,15,16)(H2,14,17,18,19). The molecule has 3 N–H and O–H groups in total. The van der Waals surface area contributed by atoms with Gasteiger partial charge in [0.2, 0.25) is 5.91 Å². The van der Waals surface area contributed by atoms with Crippen molar-refractivity contribution in [1.82, 2.24) is 20.6 Å². The van der Waals surface area contributed by atoms with Crippen LogP contribution in [0.5, 0.6) is 0 Å². The van der Waals surface area contributed by atoms with E-state index in [-0.39, 0.29) is 11.7 Å². The van der Waals surface area contributed by atoms with Crippen LogP contribution in [0.1, 0.15) is 13.3 Å².